The summed E-state index contributed by atoms with van der Waals surface area (Å²) in [5.41, 5.74) is 0.957. The first-order valence-corrected chi connectivity index (χ1v) is 5.85. The Balaban J connectivity index is 1.99. The molecule has 2 heteroatoms. The Morgan fingerprint density at radius 2 is 2.12 bits per heavy atom. The van der Waals surface area contributed by atoms with Gasteiger partial charge in [-0.25, -0.2) is 0 Å². The Labute approximate surface area is 96.9 Å². The zero-order valence-corrected chi connectivity index (χ0v) is 9.70. The molecule has 1 aliphatic carbocycles. The molecule has 0 unspecified atom stereocenters. The van der Waals surface area contributed by atoms with Crippen LogP contribution < -0.4 is 4.74 Å². The highest BCUT2D eigenvalue weighted by molar-refractivity contribution is 5.27. The van der Waals surface area contributed by atoms with Gasteiger partial charge in [-0.1, -0.05) is 25.0 Å². The van der Waals surface area contributed by atoms with Crippen molar-refractivity contribution in [2.45, 2.75) is 32.6 Å². The maximum absolute atomic E-state index is 9.22. The molecule has 1 fully saturated rings. The summed E-state index contributed by atoms with van der Waals surface area (Å²) in [5.74, 6) is 0.876. The highest BCUT2D eigenvalue weighted by atomic mass is 16.5. The molecule has 0 radical (unpaired) electrons. The minimum absolute atomic E-state index is 0.232. The van der Waals surface area contributed by atoms with Crippen LogP contribution in [0.15, 0.2) is 24.3 Å². The van der Waals surface area contributed by atoms with Crippen molar-refractivity contribution in [3.63, 3.8) is 0 Å². The third-order valence-corrected chi connectivity index (χ3v) is 3.30. The van der Waals surface area contributed by atoms with Crippen molar-refractivity contribution in [3.8, 4) is 11.8 Å². The minimum Gasteiger partial charge on any atom is -0.492 e. The van der Waals surface area contributed by atoms with Crippen LogP contribution in [0.3, 0.4) is 0 Å². The molecule has 0 atom stereocenters. The molecule has 0 amide bonds. The molecule has 0 heterocycles. The Morgan fingerprint density at radius 3 is 2.75 bits per heavy atom. The fraction of sp³-hybridized carbons (Fsp3) is 0.500. The molecule has 0 spiro atoms. The zero-order chi connectivity index (χ0) is 11.4. The molecule has 0 saturated heterocycles. The number of rotatable bonds is 3. The van der Waals surface area contributed by atoms with Crippen molar-refractivity contribution in [2.24, 2.45) is 5.41 Å². The van der Waals surface area contributed by atoms with Crippen LogP contribution in [0.2, 0.25) is 0 Å². The number of aryl methyl sites for hydroxylation is 1. The fourth-order valence-corrected chi connectivity index (χ4v) is 2.27. The summed E-state index contributed by atoms with van der Waals surface area (Å²) in [6.07, 6.45) is 4.28. The van der Waals surface area contributed by atoms with Crippen molar-refractivity contribution in [1.29, 1.82) is 5.26 Å². The molecule has 0 aliphatic heterocycles. The summed E-state index contributed by atoms with van der Waals surface area (Å²) < 4.78 is 5.74. The third-order valence-electron chi connectivity index (χ3n) is 3.30. The van der Waals surface area contributed by atoms with Crippen LogP contribution in [0.25, 0.3) is 0 Å². The standard InChI is InChI=1S/C14H17NO/c1-12-5-4-6-13(9-12)16-11-14(10-15)7-2-3-8-14/h4-6,9H,2-3,7-8,11H2,1H3. The summed E-state index contributed by atoms with van der Waals surface area (Å²) in [4.78, 5) is 0. The molecule has 2 rings (SSSR count). The Kier molecular flexibility index (Phi) is 3.14. The van der Waals surface area contributed by atoms with E-state index in [1.54, 1.807) is 0 Å². The van der Waals surface area contributed by atoms with E-state index in [1.165, 1.54) is 5.56 Å². The van der Waals surface area contributed by atoms with Gasteiger partial charge in [-0.15, -0.1) is 0 Å². The van der Waals surface area contributed by atoms with Gasteiger partial charge in [0.1, 0.15) is 12.4 Å². The molecule has 0 bridgehead atoms. The predicted molar refractivity (Wildman–Crippen MR) is 63.2 cm³/mol. The van der Waals surface area contributed by atoms with Gasteiger partial charge in [-0.05, 0) is 37.5 Å². The Morgan fingerprint density at radius 1 is 1.38 bits per heavy atom. The number of ether oxygens (including phenoxy) is 1. The van der Waals surface area contributed by atoms with E-state index in [9.17, 15) is 5.26 Å². The smallest absolute Gasteiger partial charge is 0.119 e. The fourth-order valence-electron chi connectivity index (χ4n) is 2.27. The van der Waals surface area contributed by atoms with Gasteiger partial charge in [0, 0.05) is 0 Å². The van der Waals surface area contributed by atoms with Crippen LogP contribution >= 0.6 is 0 Å². The monoisotopic (exact) mass is 215 g/mol. The molecular weight excluding hydrogens is 198 g/mol. The number of benzene rings is 1. The minimum atomic E-state index is -0.232. The lowest BCUT2D eigenvalue weighted by Gasteiger charge is -2.20. The molecule has 1 saturated carbocycles. The number of hydrogen-bond acceptors (Lipinski definition) is 2. The van der Waals surface area contributed by atoms with E-state index in [1.807, 2.05) is 31.2 Å². The lowest BCUT2D eigenvalue weighted by atomic mass is 9.89. The van der Waals surface area contributed by atoms with Crippen molar-refractivity contribution in [3.05, 3.63) is 29.8 Å². The lowest BCUT2D eigenvalue weighted by molar-refractivity contribution is 0.201. The number of hydrogen-bond donors (Lipinski definition) is 0. The van der Waals surface area contributed by atoms with Crippen LogP contribution in [0.1, 0.15) is 31.2 Å². The van der Waals surface area contributed by atoms with Crippen molar-refractivity contribution in [1.82, 2.24) is 0 Å². The van der Waals surface area contributed by atoms with Gasteiger partial charge in [-0.2, -0.15) is 5.26 Å². The molecule has 1 aromatic carbocycles. The van der Waals surface area contributed by atoms with Gasteiger partial charge < -0.3 is 4.74 Å². The Bertz CT molecular complexity index is 399. The number of nitrogens with zero attached hydrogens (tertiary/aromatic N) is 1. The van der Waals surface area contributed by atoms with Gasteiger partial charge in [0.15, 0.2) is 0 Å². The SMILES string of the molecule is Cc1cccc(OCC2(C#N)CCCC2)c1. The Hall–Kier alpha value is -1.49. The summed E-state index contributed by atoms with van der Waals surface area (Å²) in [5, 5.41) is 9.22. The van der Waals surface area contributed by atoms with Crippen molar-refractivity contribution in [2.75, 3.05) is 6.61 Å². The average molecular weight is 215 g/mol. The average Bonchev–Trinajstić information content (AvgIpc) is 2.76. The second kappa shape index (κ2) is 4.57. The van der Waals surface area contributed by atoms with E-state index < -0.39 is 0 Å². The van der Waals surface area contributed by atoms with Gasteiger partial charge in [-0.3, -0.25) is 0 Å². The van der Waals surface area contributed by atoms with E-state index in [0.29, 0.717) is 6.61 Å². The molecular formula is C14H17NO. The largest absolute Gasteiger partial charge is 0.492 e. The van der Waals surface area contributed by atoms with Crippen LogP contribution in [0, 0.1) is 23.7 Å². The third kappa shape index (κ3) is 2.36. The summed E-state index contributed by atoms with van der Waals surface area (Å²) in [6, 6.07) is 10.4. The molecule has 84 valence electrons. The van der Waals surface area contributed by atoms with Gasteiger partial charge >= 0.3 is 0 Å². The molecule has 1 aliphatic rings. The molecule has 0 aromatic heterocycles. The van der Waals surface area contributed by atoms with Crippen LogP contribution in [0.5, 0.6) is 5.75 Å². The summed E-state index contributed by atoms with van der Waals surface area (Å²) in [6.45, 7) is 2.58. The maximum atomic E-state index is 9.22. The second-order valence-electron chi connectivity index (χ2n) is 4.70. The normalized spacial score (nSPS) is 18.0. The number of nitriles is 1. The van der Waals surface area contributed by atoms with Crippen LogP contribution in [-0.2, 0) is 0 Å². The topological polar surface area (TPSA) is 33.0 Å². The molecule has 0 N–H and O–H groups in total. The van der Waals surface area contributed by atoms with E-state index in [4.69, 9.17) is 4.74 Å². The van der Waals surface area contributed by atoms with Gasteiger partial charge in [0.05, 0.1) is 11.5 Å². The summed E-state index contributed by atoms with van der Waals surface area (Å²) >= 11 is 0. The van der Waals surface area contributed by atoms with Crippen LogP contribution in [0.4, 0.5) is 0 Å². The van der Waals surface area contributed by atoms with Crippen molar-refractivity contribution >= 4 is 0 Å². The highest BCUT2D eigenvalue weighted by Gasteiger charge is 2.34. The molecule has 16 heavy (non-hydrogen) atoms. The molecule has 2 nitrogen and oxygen atoms in total. The first-order valence-electron chi connectivity index (χ1n) is 5.85. The second-order valence-corrected chi connectivity index (χ2v) is 4.70. The van der Waals surface area contributed by atoms with Crippen molar-refractivity contribution < 1.29 is 4.74 Å². The summed E-state index contributed by atoms with van der Waals surface area (Å²) in [7, 11) is 0. The zero-order valence-electron chi connectivity index (χ0n) is 9.70. The predicted octanol–water partition coefficient (Wildman–Crippen LogP) is 3.46. The van der Waals surface area contributed by atoms with E-state index in [0.717, 1.165) is 31.4 Å². The van der Waals surface area contributed by atoms with E-state index in [2.05, 4.69) is 6.07 Å². The van der Waals surface area contributed by atoms with Gasteiger partial charge in [0.25, 0.3) is 0 Å². The first-order chi connectivity index (χ1) is 7.74. The quantitative estimate of drug-likeness (QED) is 0.773. The van der Waals surface area contributed by atoms with E-state index >= 15 is 0 Å². The van der Waals surface area contributed by atoms with E-state index in [-0.39, 0.29) is 5.41 Å². The van der Waals surface area contributed by atoms with Gasteiger partial charge in [0.2, 0.25) is 0 Å². The molecule has 1 aromatic rings. The highest BCUT2D eigenvalue weighted by Crippen LogP contribution is 2.37. The lowest BCUT2D eigenvalue weighted by Crippen LogP contribution is -2.23. The maximum Gasteiger partial charge on any atom is 0.119 e. The first kappa shape index (κ1) is 11.0. The van der Waals surface area contributed by atoms with Crippen LogP contribution in [-0.4, -0.2) is 6.61 Å².